The average molecular weight is 687 g/mol. The highest BCUT2D eigenvalue weighted by atomic mass is 32.2. The highest BCUT2D eigenvalue weighted by Crippen LogP contribution is 2.48. The summed E-state index contributed by atoms with van der Waals surface area (Å²) in [6.45, 7) is 2.38. The first-order valence-electron chi connectivity index (χ1n) is 16.8. The molecule has 49 heavy (non-hydrogen) atoms. The van der Waals surface area contributed by atoms with E-state index in [-0.39, 0.29) is 11.5 Å². The molecule has 2 amide bonds. The molecule has 4 heterocycles. The van der Waals surface area contributed by atoms with Crippen LogP contribution in [0.15, 0.2) is 42.6 Å². The van der Waals surface area contributed by atoms with Crippen LogP contribution >= 0.6 is 0 Å². The van der Waals surface area contributed by atoms with E-state index < -0.39 is 16.1 Å². The average Bonchev–Trinajstić information content (AvgIpc) is 3.59. The molecular weight excluding hydrogens is 644 g/mol. The van der Waals surface area contributed by atoms with Crippen molar-refractivity contribution in [3.05, 3.63) is 70.5 Å². The number of allylic oxidation sites excluding steroid dienone is 1. The monoisotopic (exact) mass is 686 g/mol. The number of carbonyl (C=O) groups is 2. The van der Waals surface area contributed by atoms with Crippen molar-refractivity contribution in [2.45, 2.75) is 44.6 Å². The molecule has 13 heteroatoms. The molecule has 2 fully saturated rings. The lowest BCUT2D eigenvalue weighted by atomic mass is 9.81. The lowest BCUT2D eigenvalue weighted by Crippen LogP contribution is -2.40. The van der Waals surface area contributed by atoms with Gasteiger partial charge in [-0.2, -0.15) is 17.8 Å². The van der Waals surface area contributed by atoms with Gasteiger partial charge in [-0.15, -0.1) is 0 Å². The van der Waals surface area contributed by atoms with Gasteiger partial charge in [-0.25, -0.2) is 4.72 Å². The molecule has 12 nitrogen and oxygen atoms in total. The molecule has 2 aromatic heterocycles. The molecule has 3 aliphatic rings. The molecule has 0 unspecified atom stereocenters. The molecular formula is C36H42N6O6S. The minimum atomic E-state index is -3.99. The van der Waals surface area contributed by atoms with Crippen molar-refractivity contribution in [2.75, 3.05) is 47.5 Å². The molecule has 2 aromatic carbocycles. The smallest absolute Gasteiger partial charge is 0.303 e. The highest BCUT2D eigenvalue weighted by Gasteiger charge is 2.32. The maximum Gasteiger partial charge on any atom is 0.303 e. The summed E-state index contributed by atoms with van der Waals surface area (Å²) in [7, 11) is 2.22. The van der Waals surface area contributed by atoms with Crippen molar-refractivity contribution < 1.29 is 27.5 Å². The first-order valence-corrected chi connectivity index (χ1v) is 18.2. The molecule has 1 saturated carbocycles. The van der Waals surface area contributed by atoms with E-state index in [9.17, 15) is 18.0 Å². The number of methoxy groups -OCH3 is 1. The lowest BCUT2D eigenvalue weighted by molar-refractivity contribution is 0.0302. The van der Waals surface area contributed by atoms with Gasteiger partial charge < -0.3 is 18.9 Å². The Labute approximate surface area is 286 Å². The summed E-state index contributed by atoms with van der Waals surface area (Å²) in [4.78, 5) is 29.1. The summed E-state index contributed by atoms with van der Waals surface area (Å²) in [5, 5.41) is 5.88. The first-order chi connectivity index (χ1) is 23.6. The third-order valence-electron chi connectivity index (χ3n) is 9.92. The molecule has 258 valence electrons. The maximum atomic E-state index is 13.9. The van der Waals surface area contributed by atoms with Gasteiger partial charge in [0.25, 0.3) is 11.8 Å². The summed E-state index contributed by atoms with van der Waals surface area (Å²) in [6.07, 6.45) is 9.47. The van der Waals surface area contributed by atoms with E-state index >= 15 is 0 Å². The number of carbonyl (C=O) groups excluding carboxylic acids is 2. The van der Waals surface area contributed by atoms with Crippen LogP contribution in [0.3, 0.4) is 0 Å². The fourth-order valence-corrected chi connectivity index (χ4v) is 7.95. The van der Waals surface area contributed by atoms with Crippen LogP contribution in [-0.4, -0.2) is 91.3 Å². The van der Waals surface area contributed by atoms with Gasteiger partial charge in [-0.05, 0) is 66.3 Å². The number of benzene rings is 2. The summed E-state index contributed by atoms with van der Waals surface area (Å²) in [6, 6.07) is 11.5. The fourth-order valence-electron chi connectivity index (χ4n) is 7.41. The first kappa shape index (κ1) is 33.1. The van der Waals surface area contributed by atoms with Crippen molar-refractivity contribution in [3.63, 3.8) is 0 Å². The zero-order chi connectivity index (χ0) is 34.4. The zero-order valence-electron chi connectivity index (χ0n) is 28.4. The number of morpholine rings is 1. The quantitative estimate of drug-likeness (QED) is 0.300. The molecule has 1 saturated heterocycles. The van der Waals surface area contributed by atoms with Gasteiger partial charge in [0.1, 0.15) is 11.4 Å². The Kier molecular flexibility index (Phi) is 8.84. The highest BCUT2D eigenvalue weighted by molar-refractivity contribution is 7.87. The van der Waals surface area contributed by atoms with Crippen LogP contribution in [0.1, 0.15) is 75.6 Å². The van der Waals surface area contributed by atoms with Gasteiger partial charge in [0.2, 0.25) is 0 Å². The number of hydrogen-bond acceptors (Lipinski definition) is 7. The fraction of sp³-hybridized carbons (Fsp3) is 0.417. The number of rotatable bonds is 7. The van der Waals surface area contributed by atoms with Crippen LogP contribution in [0.5, 0.6) is 5.75 Å². The van der Waals surface area contributed by atoms with Crippen LogP contribution in [0.25, 0.3) is 33.8 Å². The Morgan fingerprint density at radius 1 is 1.04 bits per heavy atom. The van der Waals surface area contributed by atoms with Gasteiger partial charge in [-0.3, -0.25) is 14.3 Å². The van der Waals surface area contributed by atoms with Gasteiger partial charge >= 0.3 is 10.2 Å². The topological polar surface area (TPSA) is 128 Å². The second-order valence-corrected chi connectivity index (χ2v) is 15.1. The number of aromatic nitrogens is 3. The zero-order valence-corrected chi connectivity index (χ0v) is 29.2. The van der Waals surface area contributed by atoms with Crippen molar-refractivity contribution in [1.82, 2.24) is 28.3 Å². The molecule has 0 spiro atoms. The molecule has 1 N–H and O–H groups in total. The SMILES string of the molecule is COc1ccc2c(c1)C=C(c1nn(C)cc1C(=O)N1CCOCC1)Cn1c-2c(C2CCCCC2)c2ccc(C(=O)NS(=O)(=O)N(C)C)cc21. The van der Waals surface area contributed by atoms with Gasteiger partial charge in [0.15, 0.2) is 0 Å². The summed E-state index contributed by atoms with van der Waals surface area (Å²) in [5.41, 5.74) is 7.24. The standard InChI is InChI=1S/C36H42N6O6S/c1-39(2)49(45,46)38-35(43)24-10-12-29-31(20-24)42-21-26(33-30(22-40(3)37-33)36(44)41-14-16-48-17-15-41)18-25-19-27(47-4)11-13-28(25)34(42)32(29)23-8-6-5-7-9-23/h10-13,18-20,22-23H,5-9,14-17,21H2,1-4H3,(H,38,43). The minimum Gasteiger partial charge on any atom is -0.497 e. The van der Waals surface area contributed by atoms with Crippen LogP contribution in [0.2, 0.25) is 0 Å². The van der Waals surface area contributed by atoms with E-state index in [1.54, 1.807) is 30.1 Å². The normalized spacial score (nSPS) is 17.0. The number of nitrogens with zero attached hydrogens (tertiary/aromatic N) is 5. The molecule has 4 aromatic rings. The second-order valence-electron chi connectivity index (χ2n) is 13.2. The van der Waals surface area contributed by atoms with E-state index in [0.717, 1.165) is 63.3 Å². The lowest BCUT2D eigenvalue weighted by Gasteiger charge is -2.26. The van der Waals surface area contributed by atoms with Gasteiger partial charge in [-0.1, -0.05) is 25.3 Å². The maximum absolute atomic E-state index is 13.9. The molecule has 0 bridgehead atoms. The molecule has 2 aliphatic heterocycles. The number of fused-ring (bicyclic) bond motifs is 5. The van der Waals surface area contributed by atoms with Crippen molar-refractivity contribution in [1.29, 1.82) is 0 Å². The van der Waals surface area contributed by atoms with Gasteiger partial charge in [0, 0.05) is 68.0 Å². The Morgan fingerprint density at radius 2 is 1.80 bits per heavy atom. The summed E-state index contributed by atoms with van der Waals surface area (Å²) in [5.74, 6) is 0.225. The summed E-state index contributed by atoms with van der Waals surface area (Å²) < 4.78 is 43.4. The Hall–Kier alpha value is -4.46. The Morgan fingerprint density at radius 3 is 2.51 bits per heavy atom. The second kappa shape index (κ2) is 13.1. The van der Waals surface area contributed by atoms with Crippen molar-refractivity contribution in [2.24, 2.45) is 7.05 Å². The van der Waals surface area contributed by atoms with Crippen LogP contribution < -0.4 is 9.46 Å². The van der Waals surface area contributed by atoms with E-state index in [0.29, 0.717) is 55.8 Å². The number of aryl methyl sites for hydroxylation is 1. The Bertz CT molecular complexity index is 2080. The Balaban J connectivity index is 1.45. The van der Waals surface area contributed by atoms with Crippen molar-refractivity contribution in [3.8, 4) is 17.0 Å². The third-order valence-corrected chi connectivity index (χ3v) is 11.3. The molecule has 7 rings (SSSR count). The number of ether oxygens (including phenoxy) is 2. The predicted octanol–water partition coefficient (Wildman–Crippen LogP) is 4.66. The van der Waals surface area contributed by atoms with Gasteiger partial charge in [0.05, 0.1) is 38.1 Å². The van der Waals surface area contributed by atoms with Crippen LogP contribution in [0.4, 0.5) is 0 Å². The predicted molar refractivity (Wildman–Crippen MR) is 188 cm³/mol. The minimum absolute atomic E-state index is 0.0936. The van der Waals surface area contributed by atoms with Crippen LogP contribution in [0, 0.1) is 0 Å². The third kappa shape index (κ3) is 6.15. The van der Waals surface area contributed by atoms with Crippen LogP contribution in [-0.2, 0) is 28.5 Å². The number of amides is 2. The largest absolute Gasteiger partial charge is 0.497 e. The van der Waals surface area contributed by atoms with E-state index in [2.05, 4.69) is 21.4 Å². The van der Waals surface area contributed by atoms with E-state index in [1.165, 1.54) is 26.1 Å². The van der Waals surface area contributed by atoms with E-state index in [1.807, 2.05) is 30.1 Å². The molecule has 0 atom stereocenters. The van der Waals surface area contributed by atoms with E-state index in [4.69, 9.17) is 14.6 Å². The number of hydrogen-bond donors (Lipinski definition) is 1. The van der Waals surface area contributed by atoms with Crippen molar-refractivity contribution >= 4 is 44.6 Å². The summed E-state index contributed by atoms with van der Waals surface area (Å²) >= 11 is 0. The number of nitrogens with one attached hydrogen (secondary N) is 1. The molecule has 1 aliphatic carbocycles. The molecule has 0 radical (unpaired) electrons.